The van der Waals surface area contributed by atoms with Crippen molar-refractivity contribution in [2.24, 2.45) is 0 Å². The van der Waals surface area contributed by atoms with Gasteiger partial charge in [-0.1, -0.05) is 26.3 Å². The van der Waals surface area contributed by atoms with Crippen LogP contribution >= 0.6 is 0 Å². The Balaban J connectivity index is 1.84. The van der Waals surface area contributed by atoms with Crippen LogP contribution in [0.25, 0.3) is 11.0 Å². The van der Waals surface area contributed by atoms with Crippen LogP contribution in [0.2, 0.25) is 0 Å². The second-order valence-corrected chi connectivity index (χ2v) is 6.59. The van der Waals surface area contributed by atoms with E-state index in [1.54, 1.807) is 12.3 Å². The number of anilines is 1. The maximum Gasteiger partial charge on any atom is 0.238 e. The summed E-state index contributed by atoms with van der Waals surface area (Å²) >= 11 is 0. The third-order valence-corrected chi connectivity index (χ3v) is 4.98. The van der Waals surface area contributed by atoms with Crippen molar-refractivity contribution in [2.45, 2.75) is 45.1 Å². The zero-order valence-corrected chi connectivity index (χ0v) is 14.7. The summed E-state index contributed by atoms with van der Waals surface area (Å²) in [6.07, 6.45) is 6.23. The number of amides is 1. The summed E-state index contributed by atoms with van der Waals surface area (Å²) in [5.74, 6) is -1.17. The van der Waals surface area contributed by atoms with Crippen molar-refractivity contribution in [1.29, 1.82) is 0 Å². The molecule has 0 saturated heterocycles. The molecule has 2 atom stereocenters. The molecule has 1 aromatic carbocycles. The first-order chi connectivity index (χ1) is 12.6. The van der Waals surface area contributed by atoms with Gasteiger partial charge in [-0.2, -0.15) is 5.10 Å². The molecule has 134 valence electrons. The van der Waals surface area contributed by atoms with Gasteiger partial charge >= 0.3 is 0 Å². The molecule has 0 aliphatic carbocycles. The maximum atomic E-state index is 13.5. The summed E-state index contributed by atoms with van der Waals surface area (Å²) in [6.45, 7) is 4.28. The highest BCUT2D eigenvalue weighted by Crippen LogP contribution is 2.39. The Morgan fingerprint density at radius 2 is 2.15 bits per heavy atom. The Morgan fingerprint density at radius 1 is 1.31 bits per heavy atom. The summed E-state index contributed by atoms with van der Waals surface area (Å²) in [5.41, 5.74) is 2.57. The molecule has 0 radical (unpaired) electrons. The number of carbonyl (C=O) groups is 1. The van der Waals surface area contributed by atoms with Crippen molar-refractivity contribution in [1.82, 2.24) is 19.7 Å². The van der Waals surface area contributed by atoms with Gasteiger partial charge < -0.3 is 5.32 Å². The molecule has 1 aliphatic rings. The van der Waals surface area contributed by atoms with Crippen molar-refractivity contribution in [3.8, 4) is 0 Å². The fourth-order valence-corrected chi connectivity index (χ4v) is 3.72. The van der Waals surface area contributed by atoms with Crippen LogP contribution in [-0.2, 0) is 4.79 Å². The van der Waals surface area contributed by atoms with E-state index in [1.807, 2.05) is 4.68 Å². The Kier molecular flexibility index (Phi) is 4.14. The number of nitrogens with one attached hydrogen (secondary N) is 1. The molecular weight excluding hydrogens is 333 g/mol. The first-order valence-corrected chi connectivity index (χ1v) is 8.92. The van der Waals surface area contributed by atoms with Gasteiger partial charge in [-0.05, 0) is 30.5 Å². The van der Waals surface area contributed by atoms with Gasteiger partial charge in [0.05, 0.1) is 23.3 Å². The summed E-state index contributed by atoms with van der Waals surface area (Å²) < 4.78 is 15.4. The molecule has 7 heteroatoms. The summed E-state index contributed by atoms with van der Waals surface area (Å²) in [6, 6.07) is 4.60. The van der Waals surface area contributed by atoms with Crippen LogP contribution in [0.15, 0.2) is 30.7 Å². The van der Waals surface area contributed by atoms with Crippen molar-refractivity contribution in [3.05, 3.63) is 47.8 Å². The summed E-state index contributed by atoms with van der Waals surface area (Å²) in [7, 11) is 0. The Labute approximate surface area is 150 Å². The van der Waals surface area contributed by atoms with E-state index in [0.717, 1.165) is 35.9 Å². The molecule has 4 rings (SSSR count). The van der Waals surface area contributed by atoms with Crippen molar-refractivity contribution < 1.29 is 9.18 Å². The van der Waals surface area contributed by atoms with Crippen LogP contribution in [0.1, 0.15) is 56.3 Å². The molecule has 1 N–H and O–H groups in total. The van der Waals surface area contributed by atoms with Crippen LogP contribution in [0, 0.1) is 5.82 Å². The lowest BCUT2D eigenvalue weighted by molar-refractivity contribution is -0.116. The Hall–Kier alpha value is -2.83. The van der Waals surface area contributed by atoms with Gasteiger partial charge in [0, 0.05) is 5.69 Å². The number of hydrogen-bond acceptors (Lipinski definition) is 4. The van der Waals surface area contributed by atoms with E-state index < -0.39 is 5.92 Å². The predicted octanol–water partition coefficient (Wildman–Crippen LogP) is 3.80. The van der Waals surface area contributed by atoms with Gasteiger partial charge in [0.25, 0.3) is 0 Å². The van der Waals surface area contributed by atoms with Crippen LogP contribution in [-0.4, -0.2) is 25.7 Å². The first kappa shape index (κ1) is 16.6. The number of nitrogens with zero attached hydrogens (tertiary/aromatic N) is 4. The van der Waals surface area contributed by atoms with E-state index in [0.29, 0.717) is 11.4 Å². The van der Waals surface area contributed by atoms with E-state index in [1.165, 1.54) is 18.5 Å². The number of rotatable bonds is 5. The number of aromatic nitrogens is 4. The average molecular weight is 353 g/mol. The van der Waals surface area contributed by atoms with Crippen LogP contribution in [0.4, 0.5) is 10.1 Å². The molecule has 6 nitrogen and oxygen atoms in total. The average Bonchev–Trinajstić information content (AvgIpc) is 3.19. The molecule has 2 aromatic heterocycles. The van der Waals surface area contributed by atoms with Gasteiger partial charge in [0.1, 0.15) is 18.1 Å². The molecule has 26 heavy (non-hydrogen) atoms. The number of halogens is 1. The molecule has 3 aromatic rings. The van der Waals surface area contributed by atoms with E-state index in [2.05, 4.69) is 34.2 Å². The fourth-order valence-electron chi connectivity index (χ4n) is 3.72. The Bertz CT molecular complexity index is 983. The van der Waals surface area contributed by atoms with Gasteiger partial charge in [-0.25, -0.2) is 19.0 Å². The molecule has 0 spiro atoms. The molecule has 0 fully saturated rings. The van der Waals surface area contributed by atoms with Gasteiger partial charge in [0.2, 0.25) is 5.91 Å². The lowest BCUT2D eigenvalue weighted by Crippen LogP contribution is -2.15. The largest absolute Gasteiger partial charge is 0.325 e. The van der Waals surface area contributed by atoms with E-state index in [-0.39, 0.29) is 17.8 Å². The van der Waals surface area contributed by atoms with Gasteiger partial charge in [0.15, 0.2) is 5.65 Å². The second kappa shape index (κ2) is 6.48. The van der Waals surface area contributed by atoms with Crippen molar-refractivity contribution >= 4 is 22.6 Å². The molecule has 1 aliphatic heterocycles. The third kappa shape index (κ3) is 2.55. The smallest absolute Gasteiger partial charge is 0.238 e. The van der Waals surface area contributed by atoms with Gasteiger partial charge in [-0.3, -0.25) is 4.79 Å². The maximum absolute atomic E-state index is 13.5. The number of fused-ring (bicyclic) bond motifs is 2. The van der Waals surface area contributed by atoms with Crippen LogP contribution < -0.4 is 5.32 Å². The van der Waals surface area contributed by atoms with E-state index in [4.69, 9.17) is 0 Å². The topological polar surface area (TPSA) is 72.7 Å². The highest BCUT2D eigenvalue weighted by molar-refractivity contribution is 6.06. The van der Waals surface area contributed by atoms with E-state index in [9.17, 15) is 9.18 Å². The number of benzene rings is 1. The lowest BCUT2D eigenvalue weighted by Gasteiger charge is -2.15. The van der Waals surface area contributed by atoms with Gasteiger partial charge in [-0.15, -0.1) is 0 Å². The molecule has 0 bridgehead atoms. The zero-order valence-electron chi connectivity index (χ0n) is 14.7. The SMILES string of the molecule is CCCC(CC)n1ncc2c(C3C(=O)Nc4cc(F)ccc43)ncnc21. The molecular formula is C19H20FN5O. The normalized spacial score (nSPS) is 17.3. The minimum Gasteiger partial charge on any atom is -0.325 e. The minimum atomic E-state index is -0.583. The molecule has 2 unspecified atom stereocenters. The highest BCUT2D eigenvalue weighted by Gasteiger charge is 2.35. The summed E-state index contributed by atoms with van der Waals surface area (Å²) in [5, 5.41) is 8.04. The first-order valence-electron chi connectivity index (χ1n) is 8.92. The predicted molar refractivity (Wildman–Crippen MR) is 96.4 cm³/mol. The van der Waals surface area contributed by atoms with E-state index >= 15 is 0 Å². The quantitative estimate of drug-likeness (QED) is 0.757. The second-order valence-electron chi connectivity index (χ2n) is 6.59. The lowest BCUT2D eigenvalue weighted by atomic mass is 9.95. The van der Waals surface area contributed by atoms with Crippen molar-refractivity contribution in [2.75, 3.05) is 5.32 Å². The summed E-state index contributed by atoms with van der Waals surface area (Å²) in [4.78, 5) is 21.4. The van der Waals surface area contributed by atoms with Crippen LogP contribution in [0.5, 0.6) is 0 Å². The molecule has 3 heterocycles. The standard InChI is InChI=1S/C19H20FN5O/c1-3-5-12(4-2)25-18-14(9-23-25)17(21-10-22-18)16-13-7-6-11(20)8-15(13)24-19(16)26/h6-10,12,16H,3-5H2,1-2H3,(H,24,26). The van der Waals surface area contributed by atoms with Crippen molar-refractivity contribution in [3.63, 3.8) is 0 Å². The van der Waals surface area contributed by atoms with Crippen LogP contribution in [0.3, 0.4) is 0 Å². The number of carbonyl (C=O) groups excluding carboxylic acids is 1. The Morgan fingerprint density at radius 3 is 2.92 bits per heavy atom. The highest BCUT2D eigenvalue weighted by atomic mass is 19.1. The molecule has 1 amide bonds. The third-order valence-electron chi connectivity index (χ3n) is 4.98. The zero-order chi connectivity index (χ0) is 18.3. The minimum absolute atomic E-state index is 0.209. The monoisotopic (exact) mass is 353 g/mol. The molecule has 0 saturated carbocycles. The fraction of sp³-hybridized carbons (Fsp3) is 0.368. The number of hydrogen-bond donors (Lipinski definition) is 1.